The standard InChI is InChI=1S/C11H18BrNOS/c1-10(2,11(3,4)14)13-7-9-8(12)5-6-15-9/h5-6,13-14H,7H2,1-4H3. The molecule has 0 saturated heterocycles. The highest BCUT2D eigenvalue weighted by molar-refractivity contribution is 9.10. The number of halogens is 1. The molecule has 4 heteroatoms. The summed E-state index contributed by atoms with van der Waals surface area (Å²) in [5.74, 6) is 0. The molecule has 2 N–H and O–H groups in total. The largest absolute Gasteiger partial charge is 0.389 e. The van der Waals surface area contributed by atoms with Gasteiger partial charge in [-0.15, -0.1) is 11.3 Å². The van der Waals surface area contributed by atoms with E-state index in [4.69, 9.17) is 0 Å². The fraction of sp³-hybridized carbons (Fsp3) is 0.636. The predicted molar refractivity (Wildman–Crippen MR) is 69.2 cm³/mol. The molecule has 0 aromatic carbocycles. The molecule has 15 heavy (non-hydrogen) atoms. The van der Waals surface area contributed by atoms with Gasteiger partial charge in [-0.05, 0) is 55.1 Å². The maximum atomic E-state index is 9.97. The second-order valence-corrected chi connectivity index (χ2v) is 6.58. The summed E-state index contributed by atoms with van der Waals surface area (Å²) in [4.78, 5) is 1.26. The van der Waals surface area contributed by atoms with Gasteiger partial charge in [0, 0.05) is 21.4 Å². The Balaban J connectivity index is 2.61. The number of rotatable bonds is 4. The molecule has 0 atom stereocenters. The summed E-state index contributed by atoms with van der Waals surface area (Å²) < 4.78 is 1.13. The van der Waals surface area contributed by atoms with Gasteiger partial charge in [0.05, 0.1) is 5.60 Å². The Bertz CT molecular complexity index is 328. The number of hydrogen-bond acceptors (Lipinski definition) is 3. The molecule has 86 valence electrons. The molecule has 0 fully saturated rings. The Kier molecular flexibility index (Phi) is 3.98. The maximum Gasteiger partial charge on any atom is 0.0767 e. The first-order valence-electron chi connectivity index (χ1n) is 4.93. The summed E-state index contributed by atoms with van der Waals surface area (Å²) in [6, 6.07) is 2.04. The molecule has 0 saturated carbocycles. The van der Waals surface area contributed by atoms with E-state index in [-0.39, 0.29) is 5.54 Å². The first kappa shape index (κ1) is 13.2. The quantitative estimate of drug-likeness (QED) is 0.893. The third-order valence-corrected chi connectivity index (χ3v) is 4.84. The van der Waals surface area contributed by atoms with E-state index in [1.165, 1.54) is 4.88 Å². The lowest BCUT2D eigenvalue weighted by molar-refractivity contribution is -0.00522. The van der Waals surface area contributed by atoms with Gasteiger partial charge in [0.1, 0.15) is 0 Å². The lowest BCUT2D eigenvalue weighted by atomic mass is 9.86. The number of hydrogen-bond donors (Lipinski definition) is 2. The van der Waals surface area contributed by atoms with Crippen molar-refractivity contribution in [1.29, 1.82) is 0 Å². The highest BCUT2D eigenvalue weighted by atomic mass is 79.9. The third-order valence-electron chi connectivity index (χ3n) is 2.91. The van der Waals surface area contributed by atoms with Crippen molar-refractivity contribution in [3.63, 3.8) is 0 Å². The molecule has 0 bridgehead atoms. The van der Waals surface area contributed by atoms with Crippen molar-refractivity contribution in [2.45, 2.75) is 45.4 Å². The fourth-order valence-corrected chi connectivity index (χ4v) is 2.40. The van der Waals surface area contributed by atoms with E-state index in [0.717, 1.165) is 11.0 Å². The topological polar surface area (TPSA) is 32.3 Å². The normalized spacial score (nSPS) is 13.2. The molecule has 0 aliphatic carbocycles. The fourth-order valence-electron chi connectivity index (χ4n) is 0.969. The van der Waals surface area contributed by atoms with Crippen molar-refractivity contribution >= 4 is 27.3 Å². The van der Waals surface area contributed by atoms with Crippen molar-refractivity contribution in [3.05, 3.63) is 20.8 Å². The first-order valence-corrected chi connectivity index (χ1v) is 6.60. The molecule has 1 rings (SSSR count). The molecule has 0 radical (unpaired) electrons. The number of nitrogens with one attached hydrogen (secondary N) is 1. The Morgan fingerprint density at radius 2 is 2.00 bits per heavy atom. The Labute approximate surface area is 104 Å². The van der Waals surface area contributed by atoms with E-state index in [0.29, 0.717) is 0 Å². The summed E-state index contributed by atoms with van der Waals surface area (Å²) in [6.07, 6.45) is 0. The number of thiophene rings is 1. The van der Waals surface area contributed by atoms with E-state index in [1.54, 1.807) is 11.3 Å². The predicted octanol–water partition coefficient (Wildman–Crippen LogP) is 3.15. The number of aliphatic hydroxyl groups is 1. The van der Waals surface area contributed by atoms with E-state index in [2.05, 4.69) is 26.6 Å². The lowest BCUT2D eigenvalue weighted by Gasteiger charge is -2.38. The highest BCUT2D eigenvalue weighted by Gasteiger charge is 2.34. The van der Waals surface area contributed by atoms with Crippen LogP contribution in [0.5, 0.6) is 0 Å². The third kappa shape index (κ3) is 3.28. The van der Waals surface area contributed by atoms with E-state index >= 15 is 0 Å². The summed E-state index contributed by atoms with van der Waals surface area (Å²) in [7, 11) is 0. The minimum atomic E-state index is -0.739. The average molecular weight is 292 g/mol. The Morgan fingerprint density at radius 1 is 1.40 bits per heavy atom. The highest BCUT2D eigenvalue weighted by Crippen LogP contribution is 2.25. The van der Waals surface area contributed by atoms with Gasteiger partial charge >= 0.3 is 0 Å². The summed E-state index contributed by atoms with van der Waals surface area (Å²) >= 11 is 5.20. The van der Waals surface area contributed by atoms with Crippen LogP contribution in [-0.4, -0.2) is 16.2 Å². The van der Waals surface area contributed by atoms with Crippen molar-refractivity contribution < 1.29 is 5.11 Å². The van der Waals surface area contributed by atoms with Crippen molar-refractivity contribution in [2.24, 2.45) is 0 Å². The molecule has 0 unspecified atom stereocenters. The zero-order valence-corrected chi connectivity index (χ0v) is 12.0. The molecule has 0 amide bonds. The van der Waals surface area contributed by atoms with Gasteiger partial charge in [-0.25, -0.2) is 0 Å². The average Bonchev–Trinajstić information content (AvgIpc) is 2.46. The molecule has 2 nitrogen and oxygen atoms in total. The van der Waals surface area contributed by atoms with E-state index in [1.807, 2.05) is 33.8 Å². The molecular weight excluding hydrogens is 274 g/mol. The van der Waals surface area contributed by atoms with E-state index < -0.39 is 5.60 Å². The molecule has 1 aromatic heterocycles. The summed E-state index contributed by atoms with van der Waals surface area (Å²) in [5, 5.41) is 15.4. The second kappa shape index (κ2) is 4.53. The molecular formula is C11H18BrNOS. The smallest absolute Gasteiger partial charge is 0.0767 e. The van der Waals surface area contributed by atoms with Crippen LogP contribution in [0.25, 0.3) is 0 Å². The maximum absolute atomic E-state index is 9.97. The zero-order chi connectivity index (χ0) is 11.7. The van der Waals surface area contributed by atoms with E-state index in [9.17, 15) is 5.11 Å². The Morgan fingerprint density at radius 3 is 2.40 bits per heavy atom. The van der Waals surface area contributed by atoms with Crippen molar-refractivity contribution in [2.75, 3.05) is 0 Å². The van der Waals surface area contributed by atoms with Gasteiger partial charge in [-0.3, -0.25) is 0 Å². The second-order valence-electron chi connectivity index (χ2n) is 4.73. The Hall–Kier alpha value is 0.100. The van der Waals surface area contributed by atoms with Crippen LogP contribution >= 0.6 is 27.3 Å². The molecule has 1 heterocycles. The van der Waals surface area contributed by atoms with Crippen molar-refractivity contribution in [3.8, 4) is 0 Å². The van der Waals surface area contributed by atoms with Crippen molar-refractivity contribution in [1.82, 2.24) is 5.32 Å². The monoisotopic (exact) mass is 291 g/mol. The van der Waals surface area contributed by atoms with Gasteiger partial charge in [-0.1, -0.05) is 0 Å². The van der Waals surface area contributed by atoms with Gasteiger partial charge in [-0.2, -0.15) is 0 Å². The van der Waals surface area contributed by atoms with Gasteiger partial charge < -0.3 is 10.4 Å². The first-order chi connectivity index (χ1) is 6.74. The van der Waals surface area contributed by atoms with Crippen LogP contribution in [0.2, 0.25) is 0 Å². The molecule has 0 spiro atoms. The van der Waals surface area contributed by atoms with Crippen LogP contribution < -0.4 is 5.32 Å². The minimum Gasteiger partial charge on any atom is -0.389 e. The SMILES string of the molecule is CC(C)(O)C(C)(C)NCc1sccc1Br. The summed E-state index contributed by atoms with van der Waals surface area (Å²) in [5.41, 5.74) is -1.05. The van der Waals surface area contributed by atoms with Crippen LogP contribution in [-0.2, 0) is 6.54 Å². The molecule has 1 aromatic rings. The van der Waals surface area contributed by atoms with Crippen LogP contribution in [0.4, 0.5) is 0 Å². The van der Waals surface area contributed by atoms with Crippen LogP contribution in [0.15, 0.2) is 15.9 Å². The lowest BCUT2D eigenvalue weighted by Crippen LogP contribution is -2.55. The van der Waals surface area contributed by atoms with Crippen LogP contribution in [0.1, 0.15) is 32.6 Å². The van der Waals surface area contributed by atoms with Crippen LogP contribution in [0.3, 0.4) is 0 Å². The molecule has 0 aliphatic rings. The van der Waals surface area contributed by atoms with Crippen LogP contribution in [0, 0.1) is 0 Å². The van der Waals surface area contributed by atoms with Gasteiger partial charge in [0.2, 0.25) is 0 Å². The minimum absolute atomic E-state index is 0.309. The van der Waals surface area contributed by atoms with Gasteiger partial charge in [0.15, 0.2) is 0 Å². The van der Waals surface area contributed by atoms with Gasteiger partial charge in [0.25, 0.3) is 0 Å². The zero-order valence-electron chi connectivity index (χ0n) is 9.60. The summed E-state index contributed by atoms with van der Waals surface area (Å²) in [6.45, 7) is 8.44. The molecule has 0 aliphatic heterocycles.